The molecule has 0 bridgehead atoms. The van der Waals surface area contributed by atoms with Gasteiger partial charge >= 0.3 is 0 Å². The third kappa shape index (κ3) is 10.3. The summed E-state index contributed by atoms with van der Waals surface area (Å²) in [5.41, 5.74) is 0. The van der Waals surface area contributed by atoms with Gasteiger partial charge in [-0.15, -0.1) is 0 Å². The number of hydrogen-bond acceptors (Lipinski definition) is 4. The zero-order valence-electron chi connectivity index (χ0n) is 9.04. The maximum Gasteiger partial charge on any atom is 0.0438 e. The van der Waals surface area contributed by atoms with E-state index in [4.69, 9.17) is 10.2 Å². The summed E-state index contributed by atoms with van der Waals surface area (Å²) in [6.45, 7) is 3.75. The number of aliphatic hydroxyl groups excluding tert-OH is 2. The lowest BCUT2D eigenvalue weighted by Crippen LogP contribution is -2.28. The van der Waals surface area contributed by atoms with Gasteiger partial charge in [0.05, 0.1) is 0 Å². The van der Waals surface area contributed by atoms with Crippen LogP contribution in [0.1, 0.15) is 26.2 Å². The van der Waals surface area contributed by atoms with Gasteiger partial charge in [0.25, 0.3) is 0 Å². The Morgan fingerprint density at radius 3 is 2.50 bits per heavy atom. The minimum Gasteiger partial charge on any atom is -0.396 e. The molecule has 0 aliphatic rings. The fourth-order valence-corrected chi connectivity index (χ4v) is 1.95. The van der Waals surface area contributed by atoms with Gasteiger partial charge in [-0.3, -0.25) is 0 Å². The van der Waals surface area contributed by atoms with Crippen LogP contribution in [0.25, 0.3) is 0 Å². The molecule has 0 spiro atoms. The van der Waals surface area contributed by atoms with Crippen LogP contribution >= 0.6 is 11.8 Å². The van der Waals surface area contributed by atoms with Gasteiger partial charge < -0.3 is 15.5 Å². The molecular weight excluding hydrogens is 198 g/mol. The van der Waals surface area contributed by atoms with Crippen molar-refractivity contribution in [3.63, 3.8) is 0 Å². The second-order valence-electron chi connectivity index (χ2n) is 3.41. The van der Waals surface area contributed by atoms with Crippen LogP contribution in [0.3, 0.4) is 0 Å². The molecule has 0 saturated carbocycles. The Morgan fingerprint density at radius 1 is 1.14 bits per heavy atom. The van der Waals surface area contributed by atoms with E-state index < -0.39 is 0 Å². The average Bonchev–Trinajstić information content (AvgIpc) is 2.20. The molecule has 1 unspecified atom stereocenters. The van der Waals surface area contributed by atoms with Crippen molar-refractivity contribution in [1.82, 2.24) is 5.32 Å². The number of nitrogens with one attached hydrogen (secondary N) is 1. The molecule has 0 aromatic carbocycles. The van der Waals surface area contributed by atoms with Crippen LogP contribution in [0.15, 0.2) is 0 Å². The van der Waals surface area contributed by atoms with Gasteiger partial charge in [0.1, 0.15) is 0 Å². The fourth-order valence-electron chi connectivity index (χ4n) is 1.15. The molecule has 86 valence electrons. The first-order valence-corrected chi connectivity index (χ1v) is 6.49. The monoisotopic (exact) mass is 221 g/mol. The van der Waals surface area contributed by atoms with Crippen molar-refractivity contribution >= 4 is 11.8 Å². The van der Waals surface area contributed by atoms with E-state index in [1.807, 2.05) is 11.8 Å². The molecule has 14 heavy (non-hydrogen) atoms. The van der Waals surface area contributed by atoms with Gasteiger partial charge in [-0.1, -0.05) is 0 Å². The highest BCUT2D eigenvalue weighted by molar-refractivity contribution is 7.99. The van der Waals surface area contributed by atoms with E-state index in [1.165, 1.54) is 0 Å². The van der Waals surface area contributed by atoms with Gasteiger partial charge in [0.2, 0.25) is 0 Å². The van der Waals surface area contributed by atoms with Crippen LogP contribution in [-0.2, 0) is 0 Å². The third-order valence-electron chi connectivity index (χ3n) is 1.98. The summed E-state index contributed by atoms with van der Waals surface area (Å²) in [6, 6.07) is 0.501. The predicted octanol–water partition coefficient (Wildman–Crippen LogP) is 0.853. The average molecular weight is 221 g/mol. The summed E-state index contributed by atoms with van der Waals surface area (Å²) in [4.78, 5) is 0. The Kier molecular flexibility index (Phi) is 11.5. The van der Waals surface area contributed by atoms with Crippen molar-refractivity contribution in [2.75, 3.05) is 31.3 Å². The van der Waals surface area contributed by atoms with Crippen molar-refractivity contribution in [3.8, 4) is 0 Å². The number of hydrogen-bond donors (Lipinski definition) is 3. The molecule has 3 nitrogen and oxygen atoms in total. The largest absolute Gasteiger partial charge is 0.396 e. The summed E-state index contributed by atoms with van der Waals surface area (Å²) in [7, 11) is 0. The topological polar surface area (TPSA) is 52.5 Å². The fraction of sp³-hybridized carbons (Fsp3) is 1.00. The smallest absolute Gasteiger partial charge is 0.0438 e. The van der Waals surface area contributed by atoms with Crippen molar-refractivity contribution in [3.05, 3.63) is 0 Å². The lowest BCUT2D eigenvalue weighted by Gasteiger charge is -2.12. The summed E-state index contributed by atoms with van der Waals surface area (Å²) >= 11 is 1.87. The Labute approximate surface area is 91.3 Å². The van der Waals surface area contributed by atoms with Gasteiger partial charge in [-0.05, 0) is 31.9 Å². The second kappa shape index (κ2) is 11.3. The molecule has 1 atom stereocenters. The first-order valence-electron chi connectivity index (χ1n) is 5.34. The van der Waals surface area contributed by atoms with Crippen molar-refractivity contribution < 1.29 is 10.2 Å². The molecule has 0 radical (unpaired) electrons. The van der Waals surface area contributed by atoms with Gasteiger partial charge in [0.15, 0.2) is 0 Å². The highest BCUT2D eigenvalue weighted by Gasteiger charge is 1.99. The van der Waals surface area contributed by atoms with Gasteiger partial charge in [-0.25, -0.2) is 0 Å². The Hall–Kier alpha value is 0.230. The zero-order valence-corrected chi connectivity index (χ0v) is 9.85. The standard InChI is InChI=1S/C10H23NO2S/c1-10(4-2-6-12)11-5-9-14-8-3-7-13/h10-13H,2-9H2,1H3. The highest BCUT2D eigenvalue weighted by Crippen LogP contribution is 2.01. The van der Waals surface area contributed by atoms with Crippen molar-refractivity contribution in [2.24, 2.45) is 0 Å². The van der Waals surface area contributed by atoms with E-state index in [0.717, 1.165) is 37.3 Å². The van der Waals surface area contributed by atoms with Crippen molar-refractivity contribution in [2.45, 2.75) is 32.2 Å². The van der Waals surface area contributed by atoms with Crippen LogP contribution in [0.4, 0.5) is 0 Å². The molecule has 0 saturated heterocycles. The third-order valence-corrected chi connectivity index (χ3v) is 3.05. The molecule has 0 rings (SSSR count). The summed E-state index contributed by atoms with van der Waals surface area (Å²) in [5.74, 6) is 2.15. The van der Waals surface area contributed by atoms with Crippen molar-refractivity contribution in [1.29, 1.82) is 0 Å². The predicted molar refractivity (Wildman–Crippen MR) is 62.8 cm³/mol. The maximum atomic E-state index is 8.63. The molecular formula is C10H23NO2S. The quantitative estimate of drug-likeness (QED) is 0.479. The minimum atomic E-state index is 0.289. The van der Waals surface area contributed by atoms with Crippen LogP contribution in [-0.4, -0.2) is 47.5 Å². The molecule has 3 N–H and O–H groups in total. The summed E-state index contributed by atoms with van der Waals surface area (Å²) in [6.07, 6.45) is 2.81. The molecule has 0 heterocycles. The highest BCUT2D eigenvalue weighted by atomic mass is 32.2. The Bertz CT molecular complexity index is 114. The maximum absolute atomic E-state index is 8.63. The molecule has 0 amide bonds. The number of rotatable bonds is 10. The van der Waals surface area contributed by atoms with E-state index in [0.29, 0.717) is 12.6 Å². The molecule has 0 aliphatic carbocycles. The number of aliphatic hydroxyl groups is 2. The first kappa shape index (κ1) is 14.2. The van der Waals surface area contributed by atoms with E-state index in [-0.39, 0.29) is 6.61 Å². The Morgan fingerprint density at radius 2 is 1.86 bits per heavy atom. The number of thioether (sulfide) groups is 1. The lowest BCUT2D eigenvalue weighted by atomic mass is 10.2. The summed E-state index contributed by atoms with van der Waals surface area (Å²) in [5, 5.41) is 20.6. The SMILES string of the molecule is CC(CCCO)NCCSCCCO. The first-order chi connectivity index (χ1) is 6.81. The molecule has 0 aromatic heterocycles. The molecule has 4 heteroatoms. The second-order valence-corrected chi connectivity index (χ2v) is 4.64. The van der Waals surface area contributed by atoms with E-state index in [2.05, 4.69) is 12.2 Å². The van der Waals surface area contributed by atoms with E-state index in [1.54, 1.807) is 0 Å². The van der Waals surface area contributed by atoms with E-state index >= 15 is 0 Å². The van der Waals surface area contributed by atoms with Crippen LogP contribution in [0.5, 0.6) is 0 Å². The van der Waals surface area contributed by atoms with Crippen LogP contribution in [0, 0.1) is 0 Å². The van der Waals surface area contributed by atoms with Crippen LogP contribution in [0.2, 0.25) is 0 Å². The lowest BCUT2D eigenvalue weighted by molar-refractivity contribution is 0.277. The molecule has 0 aliphatic heterocycles. The molecule has 0 aromatic rings. The minimum absolute atomic E-state index is 0.289. The van der Waals surface area contributed by atoms with Gasteiger partial charge in [0, 0.05) is 31.6 Å². The Balaban J connectivity index is 3.02. The molecule has 0 fully saturated rings. The normalized spacial score (nSPS) is 13.1. The van der Waals surface area contributed by atoms with Gasteiger partial charge in [-0.2, -0.15) is 11.8 Å². The summed E-state index contributed by atoms with van der Waals surface area (Å²) < 4.78 is 0. The van der Waals surface area contributed by atoms with E-state index in [9.17, 15) is 0 Å². The zero-order chi connectivity index (χ0) is 10.6. The van der Waals surface area contributed by atoms with Crippen LogP contribution < -0.4 is 5.32 Å².